The Hall–Kier alpha value is -2.02. The quantitative estimate of drug-likeness (QED) is 0.275. The minimum absolute atomic E-state index is 0.0895. The van der Waals surface area contributed by atoms with E-state index in [2.05, 4.69) is 18.7 Å². The molecule has 0 saturated heterocycles. The van der Waals surface area contributed by atoms with E-state index in [0.717, 1.165) is 37.3 Å². The van der Waals surface area contributed by atoms with E-state index in [1.54, 1.807) is 24.9 Å². The van der Waals surface area contributed by atoms with Crippen molar-refractivity contribution in [2.45, 2.75) is 31.6 Å². The van der Waals surface area contributed by atoms with Crippen LogP contribution in [0.25, 0.3) is 0 Å². The molecule has 1 amide bonds. The number of rotatable bonds is 7. The number of aliphatic imine (C=N–C) groups is 1. The molecule has 0 atom stereocenters. The molecule has 6 heteroatoms. The predicted molar refractivity (Wildman–Crippen MR) is 122 cm³/mol. The normalized spacial score (nSPS) is 15.0. The Kier molecular flexibility index (Phi) is 8.35. The van der Waals surface area contributed by atoms with Crippen molar-refractivity contribution in [2.75, 3.05) is 14.2 Å². The van der Waals surface area contributed by atoms with Gasteiger partial charge in [-0.15, -0.1) is 12.6 Å². The highest BCUT2D eigenvalue weighted by Crippen LogP contribution is 2.39. The monoisotopic (exact) mass is 414 g/mol. The van der Waals surface area contributed by atoms with Crippen molar-refractivity contribution in [3.8, 4) is 0 Å². The maximum Gasteiger partial charge on any atom is 0.249 e. The van der Waals surface area contributed by atoms with E-state index < -0.39 is 0 Å². The molecule has 0 aromatic heterocycles. The van der Waals surface area contributed by atoms with E-state index >= 15 is 0 Å². The topological polar surface area (TPSA) is 41.9 Å². The third-order valence-corrected chi connectivity index (χ3v) is 6.20. The minimum Gasteiger partial charge on any atom is -0.275 e. The summed E-state index contributed by atoms with van der Waals surface area (Å²) in [5.74, 6) is -0.0895. The van der Waals surface area contributed by atoms with E-state index in [1.807, 2.05) is 38.1 Å². The summed E-state index contributed by atoms with van der Waals surface area (Å²) in [4.78, 5) is 24.7. The van der Waals surface area contributed by atoms with Crippen molar-refractivity contribution >= 4 is 36.0 Å². The van der Waals surface area contributed by atoms with Crippen LogP contribution in [0.4, 0.5) is 0 Å². The number of carbonyl (C=O) groups is 1. The Bertz CT molecular complexity index is 882. The molecule has 0 bridgehead atoms. The third kappa shape index (κ3) is 5.50. The van der Waals surface area contributed by atoms with Crippen LogP contribution >= 0.6 is 24.4 Å². The van der Waals surface area contributed by atoms with Crippen molar-refractivity contribution in [1.29, 1.82) is 0 Å². The smallest absolute Gasteiger partial charge is 0.249 e. The predicted octanol–water partition coefficient (Wildman–Crippen LogP) is 5.56. The molecule has 1 aliphatic rings. The Morgan fingerprint density at radius 2 is 2.07 bits per heavy atom. The molecule has 4 nitrogen and oxygen atoms in total. The van der Waals surface area contributed by atoms with Crippen LogP contribution in [-0.4, -0.2) is 30.8 Å². The molecular formula is C22H26N2O2S2. The highest BCUT2D eigenvalue weighted by atomic mass is 32.2. The van der Waals surface area contributed by atoms with Gasteiger partial charge in [0.2, 0.25) is 5.91 Å². The van der Waals surface area contributed by atoms with Gasteiger partial charge in [-0.05, 0) is 31.9 Å². The fraction of sp³-hybridized carbons (Fsp3) is 0.273. The molecule has 0 spiro atoms. The molecule has 1 aromatic carbocycles. The van der Waals surface area contributed by atoms with Crippen LogP contribution in [0.1, 0.15) is 32.3 Å². The average molecular weight is 415 g/mol. The Balaban J connectivity index is 2.31. The van der Waals surface area contributed by atoms with Crippen LogP contribution in [-0.2, 0) is 9.63 Å². The summed E-state index contributed by atoms with van der Waals surface area (Å²) in [6.45, 7) is 7.84. The molecule has 28 heavy (non-hydrogen) atoms. The molecule has 0 unspecified atom stereocenters. The minimum atomic E-state index is -0.0895. The van der Waals surface area contributed by atoms with Crippen molar-refractivity contribution < 1.29 is 9.63 Å². The Labute approximate surface area is 177 Å². The summed E-state index contributed by atoms with van der Waals surface area (Å²) in [5.41, 5.74) is 3.86. The van der Waals surface area contributed by atoms with Gasteiger partial charge >= 0.3 is 0 Å². The van der Waals surface area contributed by atoms with Gasteiger partial charge in [-0.2, -0.15) is 0 Å². The fourth-order valence-corrected chi connectivity index (χ4v) is 3.83. The van der Waals surface area contributed by atoms with E-state index in [0.29, 0.717) is 12.8 Å². The van der Waals surface area contributed by atoms with Gasteiger partial charge in [0.25, 0.3) is 0 Å². The molecule has 0 N–H and O–H groups in total. The van der Waals surface area contributed by atoms with Gasteiger partial charge in [-0.1, -0.05) is 54.8 Å². The van der Waals surface area contributed by atoms with Crippen LogP contribution in [0.2, 0.25) is 0 Å². The first-order valence-corrected chi connectivity index (χ1v) is 10.2. The summed E-state index contributed by atoms with van der Waals surface area (Å²) in [6.07, 6.45) is 6.67. The van der Waals surface area contributed by atoms with Gasteiger partial charge in [-0.25, -0.2) is 5.06 Å². The zero-order valence-electron chi connectivity index (χ0n) is 16.7. The largest absolute Gasteiger partial charge is 0.275 e. The molecule has 2 rings (SSSR count). The fourth-order valence-electron chi connectivity index (χ4n) is 2.51. The second-order valence-electron chi connectivity index (χ2n) is 6.26. The lowest BCUT2D eigenvalue weighted by atomic mass is 10.1. The van der Waals surface area contributed by atoms with Crippen LogP contribution in [0.3, 0.4) is 0 Å². The molecule has 1 aromatic rings. The molecule has 1 heterocycles. The standard InChI is InChI=1S/C22H26N2O2S2/c1-6-15(2)22(27)21-17-11-7-8-13-19(17)28-18(16(3)23-21)12-9-10-14-20(25)24(4)26-5/h6-11,13,27H,1,12,14H2,2-5H3/b10-9-,22-15-. The van der Waals surface area contributed by atoms with E-state index in [4.69, 9.17) is 22.5 Å². The first-order valence-electron chi connectivity index (χ1n) is 8.93. The van der Waals surface area contributed by atoms with Gasteiger partial charge in [0.05, 0.1) is 12.8 Å². The van der Waals surface area contributed by atoms with Crippen molar-refractivity contribution in [2.24, 2.45) is 4.99 Å². The molecular weight excluding hydrogens is 388 g/mol. The number of carbonyl (C=O) groups excluding carboxylic acids is 1. The number of hydrogen-bond donors (Lipinski definition) is 1. The molecule has 0 aliphatic carbocycles. The molecule has 0 radical (unpaired) electrons. The van der Waals surface area contributed by atoms with Gasteiger partial charge in [0, 0.05) is 39.4 Å². The molecule has 1 aliphatic heterocycles. The lowest BCUT2D eigenvalue weighted by Gasteiger charge is -2.11. The highest BCUT2D eigenvalue weighted by molar-refractivity contribution is 8.03. The lowest BCUT2D eigenvalue weighted by Crippen LogP contribution is -2.24. The zero-order valence-corrected chi connectivity index (χ0v) is 18.4. The van der Waals surface area contributed by atoms with Crippen molar-refractivity contribution in [3.63, 3.8) is 0 Å². The summed E-state index contributed by atoms with van der Waals surface area (Å²) in [6, 6.07) is 8.20. The van der Waals surface area contributed by atoms with Gasteiger partial charge in [-0.3, -0.25) is 14.6 Å². The maximum absolute atomic E-state index is 11.8. The van der Waals surface area contributed by atoms with Gasteiger partial charge in [0.1, 0.15) is 0 Å². The number of hydrogen-bond acceptors (Lipinski definition) is 5. The number of benzene rings is 1. The highest BCUT2D eigenvalue weighted by Gasteiger charge is 2.19. The SMILES string of the molecule is C=C/C(C)=C(\S)C1=NC(C)=C(C/C=C\CC(=O)N(C)OC)Sc2ccccc21. The Morgan fingerprint density at radius 1 is 1.36 bits per heavy atom. The number of hydroxylamine groups is 2. The average Bonchev–Trinajstić information content (AvgIpc) is 2.85. The van der Waals surface area contributed by atoms with Crippen LogP contribution in [0.15, 0.2) is 80.0 Å². The number of allylic oxidation sites excluding steroid dienone is 6. The first-order chi connectivity index (χ1) is 13.4. The van der Waals surface area contributed by atoms with Gasteiger partial charge in [0.15, 0.2) is 0 Å². The number of thioether (sulfide) groups is 1. The summed E-state index contributed by atoms with van der Waals surface area (Å²) >= 11 is 6.41. The Morgan fingerprint density at radius 3 is 2.75 bits per heavy atom. The second kappa shape index (κ2) is 10.5. The maximum atomic E-state index is 11.8. The lowest BCUT2D eigenvalue weighted by molar-refractivity contribution is -0.167. The van der Waals surface area contributed by atoms with Gasteiger partial charge < -0.3 is 0 Å². The molecule has 0 saturated carbocycles. The number of thiol groups is 1. The van der Waals surface area contributed by atoms with Crippen LogP contribution < -0.4 is 0 Å². The van der Waals surface area contributed by atoms with Crippen molar-refractivity contribution in [1.82, 2.24) is 5.06 Å². The van der Waals surface area contributed by atoms with Crippen LogP contribution in [0.5, 0.6) is 0 Å². The number of amides is 1. The zero-order chi connectivity index (χ0) is 20.7. The van der Waals surface area contributed by atoms with Crippen molar-refractivity contribution in [3.05, 3.63) is 75.7 Å². The summed E-state index contributed by atoms with van der Waals surface area (Å²) in [7, 11) is 3.08. The van der Waals surface area contributed by atoms with E-state index in [1.165, 1.54) is 12.2 Å². The molecule has 148 valence electrons. The second-order valence-corrected chi connectivity index (χ2v) is 7.84. The summed E-state index contributed by atoms with van der Waals surface area (Å²) in [5, 5.41) is 1.23. The van der Waals surface area contributed by atoms with E-state index in [-0.39, 0.29) is 5.91 Å². The van der Waals surface area contributed by atoms with E-state index in [9.17, 15) is 4.79 Å². The van der Waals surface area contributed by atoms with Crippen LogP contribution in [0, 0.1) is 0 Å². The number of fused-ring (bicyclic) bond motifs is 1. The summed E-state index contributed by atoms with van der Waals surface area (Å²) < 4.78 is 0. The molecule has 0 fully saturated rings. The number of nitrogens with zero attached hydrogens (tertiary/aromatic N) is 2. The third-order valence-electron chi connectivity index (χ3n) is 4.35. The first kappa shape index (κ1) is 22.3.